The third-order valence-corrected chi connectivity index (χ3v) is 8.12. The first kappa shape index (κ1) is 15.9. The van der Waals surface area contributed by atoms with Crippen LogP contribution in [0, 0.1) is 12.8 Å². The molecule has 0 spiro atoms. The second-order valence-corrected chi connectivity index (χ2v) is 10.6. The van der Waals surface area contributed by atoms with Crippen molar-refractivity contribution < 1.29 is 8.42 Å². The number of hydrogen-bond donors (Lipinski definition) is 1. The maximum absolute atomic E-state index is 12.4. The zero-order chi connectivity index (χ0) is 15.2. The Kier molecular flexibility index (Phi) is 4.49. The number of piperidine rings is 1. The molecule has 0 aromatic carbocycles. The Hall–Kier alpha value is 0.0500. The molecule has 3 heterocycles. The second kappa shape index (κ2) is 5.92. The molecule has 0 amide bonds. The maximum atomic E-state index is 12.4. The first-order valence-corrected chi connectivity index (χ1v) is 10.4. The Morgan fingerprint density at radius 3 is 2.52 bits per heavy atom. The van der Waals surface area contributed by atoms with Gasteiger partial charge in [-0.25, -0.2) is 13.1 Å². The van der Waals surface area contributed by atoms with E-state index in [0.29, 0.717) is 29.4 Å². The SMILES string of the molecule is Cc1sc(Br)cc1S(=O)(=O)NCC1CC2CCC(C1)N2C. The molecular weight excluding hydrogens is 372 g/mol. The lowest BCUT2D eigenvalue weighted by Crippen LogP contribution is -2.43. The molecule has 2 unspecified atom stereocenters. The van der Waals surface area contributed by atoms with Gasteiger partial charge in [0.1, 0.15) is 0 Å². The van der Waals surface area contributed by atoms with Crippen LogP contribution >= 0.6 is 27.3 Å². The van der Waals surface area contributed by atoms with Crippen LogP contribution in [0.4, 0.5) is 0 Å². The molecule has 2 bridgehead atoms. The first-order chi connectivity index (χ1) is 9.87. The van der Waals surface area contributed by atoms with Crippen LogP contribution in [0.5, 0.6) is 0 Å². The van der Waals surface area contributed by atoms with Crippen molar-refractivity contribution in [2.24, 2.45) is 5.92 Å². The predicted molar refractivity (Wildman–Crippen MR) is 89.2 cm³/mol. The van der Waals surface area contributed by atoms with E-state index in [1.165, 1.54) is 24.2 Å². The van der Waals surface area contributed by atoms with Crippen LogP contribution in [0.3, 0.4) is 0 Å². The summed E-state index contributed by atoms with van der Waals surface area (Å²) in [7, 11) is -1.18. The highest BCUT2D eigenvalue weighted by molar-refractivity contribution is 9.11. The molecule has 118 valence electrons. The molecule has 21 heavy (non-hydrogen) atoms. The second-order valence-electron chi connectivity index (χ2n) is 6.21. The highest BCUT2D eigenvalue weighted by atomic mass is 79.9. The molecule has 2 saturated heterocycles. The summed E-state index contributed by atoms with van der Waals surface area (Å²) in [4.78, 5) is 3.72. The molecule has 3 rings (SSSR count). The number of hydrogen-bond acceptors (Lipinski definition) is 4. The minimum Gasteiger partial charge on any atom is -0.300 e. The molecule has 0 radical (unpaired) electrons. The van der Waals surface area contributed by atoms with Gasteiger partial charge in [-0.3, -0.25) is 0 Å². The van der Waals surface area contributed by atoms with Gasteiger partial charge in [0.25, 0.3) is 0 Å². The predicted octanol–water partition coefficient (Wildman–Crippen LogP) is 2.97. The molecule has 2 fully saturated rings. The average Bonchev–Trinajstić information content (AvgIpc) is 2.84. The summed E-state index contributed by atoms with van der Waals surface area (Å²) in [5.74, 6) is 0.468. The van der Waals surface area contributed by atoms with Crippen molar-refractivity contribution in [1.82, 2.24) is 9.62 Å². The minimum absolute atomic E-state index is 0.412. The van der Waals surface area contributed by atoms with E-state index in [1.807, 2.05) is 6.92 Å². The van der Waals surface area contributed by atoms with E-state index >= 15 is 0 Å². The molecule has 2 aliphatic rings. The minimum atomic E-state index is -3.38. The highest BCUT2D eigenvalue weighted by Gasteiger charge is 2.38. The Morgan fingerprint density at radius 2 is 2.00 bits per heavy atom. The van der Waals surface area contributed by atoms with Crippen LogP contribution in [-0.2, 0) is 10.0 Å². The number of halogens is 1. The molecule has 4 nitrogen and oxygen atoms in total. The highest BCUT2D eigenvalue weighted by Crippen LogP contribution is 2.37. The van der Waals surface area contributed by atoms with Crippen molar-refractivity contribution in [2.75, 3.05) is 13.6 Å². The maximum Gasteiger partial charge on any atom is 0.241 e. The topological polar surface area (TPSA) is 49.4 Å². The molecule has 0 saturated carbocycles. The van der Waals surface area contributed by atoms with E-state index in [4.69, 9.17) is 0 Å². The van der Waals surface area contributed by atoms with Gasteiger partial charge in [-0.2, -0.15) is 0 Å². The van der Waals surface area contributed by atoms with Crippen LogP contribution in [0.1, 0.15) is 30.6 Å². The fourth-order valence-electron chi connectivity index (χ4n) is 3.69. The van der Waals surface area contributed by atoms with Crippen molar-refractivity contribution in [1.29, 1.82) is 0 Å². The van der Waals surface area contributed by atoms with Crippen LogP contribution in [0.25, 0.3) is 0 Å². The first-order valence-electron chi connectivity index (χ1n) is 7.34. The summed E-state index contributed by atoms with van der Waals surface area (Å²) in [6.45, 7) is 2.41. The van der Waals surface area contributed by atoms with Gasteiger partial charge in [0.15, 0.2) is 0 Å². The van der Waals surface area contributed by atoms with Gasteiger partial charge in [-0.05, 0) is 67.6 Å². The largest absolute Gasteiger partial charge is 0.300 e. The van der Waals surface area contributed by atoms with E-state index in [0.717, 1.165) is 21.5 Å². The Labute approximate surface area is 139 Å². The Balaban J connectivity index is 1.64. The van der Waals surface area contributed by atoms with E-state index in [2.05, 4.69) is 32.6 Å². The van der Waals surface area contributed by atoms with E-state index in [-0.39, 0.29) is 0 Å². The molecule has 2 aliphatic heterocycles. The number of aryl methyl sites for hydroxylation is 1. The molecule has 1 aromatic rings. The summed E-state index contributed by atoms with van der Waals surface area (Å²) in [6, 6.07) is 2.99. The number of nitrogens with zero attached hydrogens (tertiary/aromatic N) is 1. The van der Waals surface area contributed by atoms with Crippen LogP contribution in [-0.4, -0.2) is 39.0 Å². The third kappa shape index (κ3) is 3.22. The average molecular weight is 393 g/mol. The summed E-state index contributed by atoms with van der Waals surface area (Å²) >= 11 is 4.81. The van der Waals surface area contributed by atoms with Crippen LogP contribution in [0.2, 0.25) is 0 Å². The summed E-state index contributed by atoms with van der Waals surface area (Å²) in [5.41, 5.74) is 0. The van der Waals surface area contributed by atoms with E-state index < -0.39 is 10.0 Å². The lowest BCUT2D eigenvalue weighted by atomic mass is 9.91. The standard InChI is InChI=1S/C14H21BrN2O2S2/c1-9-13(7-14(15)20-9)21(18,19)16-8-10-5-11-3-4-12(6-10)17(11)2/h7,10-12,16H,3-6,8H2,1-2H3. The molecule has 7 heteroatoms. The summed E-state index contributed by atoms with van der Waals surface area (Å²) < 4.78 is 28.5. The third-order valence-electron chi connectivity index (χ3n) is 4.89. The fraction of sp³-hybridized carbons (Fsp3) is 0.714. The van der Waals surface area contributed by atoms with E-state index in [9.17, 15) is 8.42 Å². The van der Waals surface area contributed by atoms with Crippen molar-refractivity contribution in [3.8, 4) is 0 Å². The number of thiophene rings is 1. The summed E-state index contributed by atoms with van der Waals surface area (Å²) in [5, 5.41) is 0. The molecule has 1 N–H and O–H groups in total. The number of sulfonamides is 1. The van der Waals surface area contributed by atoms with Crippen molar-refractivity contribution >= 4 is 37.3 Å². The van der Waals surface area contributed by atoms with Gasteiger partial charge in [0, 0.05) is 23.5 Å². The normalized spacial score (nSPS) is 30.0. The van der Waals surface area contributed by atoms with Gasteiger partial charge in [0.2, 0.25) is 10.0 Å². The van der Waals surface area contributed by atoms with Crippen molar-refractivity contribution in [3.63, 3.8) is 0 Å². The van der Waals surface area contributed by atoms with Crippen molar-refractivity contribution in [2.45, 2.75) is 49.6 Å². The monoisotopic (exact) mass is 392 g/mol. The van der Waals surface area contributed by atoms with E-state index in [1.54, 1.807) is 6.07 Å². The Bertz CT molecular complexity index is 615. The number of fused-ring (bicyclic) bond motifs is 2. The van der Waals surface area contributed by atoms with Gasteiger partial charge in [-0.1, -0.05) is 0 Å². The van der Waals surface area contributed by atoms with Crippen molar-refractivity contribution in [3.05, 3.63) is 14.7 Å². The molecular formula is C14H21BrN2O2S2. The lowest BCUT2D eigenvalue weighted by molar-refractivity contribution is 0.135. The molecule has 0 aliphatic carbocycles. The van der Waals surface area contributed by atoms with Crippen LogP contribution in [0.15, 0.2) is 14.7 Å². The van der Waals surface area contributed by atoms with Gasteiger partial charge in [0.05, 0.1) is 8.68 Å². The van der Waals surface area contributed by atoms with Gasteiger partial charge < -0.3 is 4.90 Å². The van der Waals surface area contributed by atoms with Gasteiger partial charge >= 0.3 is 0 Å². The lowest BCUT2D eigenvalue weighted by Gasteiger charge is -2.36. The fourth-order valence-corrected chi connectivity index (χ4v) is 7.22. The number of nitrogens with one attached hydrogen (secondary N) is 1. The quantitative estimate of drug-likeness (QED) is 0.856. The smallest absolute Gasteiger partial charge is 0.241 e. The molecule has 1 aromatic heterocycles. The number of rotatable bonds is 4. The zero-order valence-corrected chi connectivity index (χ0v) is 15.5. The Morgan fingerprint density at radius 1 is 1.38 bits per heavy atom. The van der Waals surface area contributed by atoms with Crippen LogP contribution < -0.4 is 4.72 Å². The summed E-state index contributed by atoms with van der Waals surface area (Å²) in [6.07, 6.45) is 4.76. The zero-order valence-electron chi connectivity index (χ0n) is 12.3. The van der Waals surface area contributed by atoms with Gasteiger partial charge in [-0.15, -0.1) is 11.3 Å². The molecule has 2 atom stereocenters.